The van der Waals surface area contributed by atoms with Gasteiger partial charge in [-0.1, -0.05) is 24.3 Å². The van der Waals surface area contributed by atoms with Crippen LogP contribution < -0.4 is 5.32 Å². The van der Waals surface area contributed by atoms with Crippen LogP contribution in [-0.2, 0) is 21.4 Å². The van der Waals surface area contributed by atoms with Crippen LogP contribution in [0, 0.1) is 6.92 Å². The van der Waals surface area contributed by atoms with Crippen molar-refractivity contribution in [2.75, 3.05) is 19.3 Å². The summed E-state index contributed by atoms with van der Waals surface area (Å²) >= 11 is 0. The molecule has 0 aliphatic rings. The average Bonchev–Trinajstić information content (AvgIpc) is 2.28. The minimum Gasteiger partial charge on any atom is -0.355 e. The Balaban J connectivity index is 2.76. The molecule has 1 amide bonds. The van der Waals surface area contributed by atoms with Crippen molar-refractivity contribution in [3.8, 4) is 0 Å². The number of aryl methyl sites for hydroxylation is 1. The Morgan fingerprint density at radius 3 is 2.47 bits per heavy atom. The monoisotopic (exact) mass is 284 g/mol. The number of hydrogen-bond donors (Lipinski definition) is 1. The fourth-order valence-corrected chi connectivity index (χ4v) is 2.49. The van der Waals surface area contributed by atoms with Crippen molar-refractivity contribution in [3.63, 3.8) is 0 Å². The van der Waals surface area contributed by atoms with Crippen molar-refractivity contribution in [1.29, 1.82) is 0 Å². The molecule has 0 saturated carbocycles. The van der Waals surface area contributed by atoms with E-state index >= 15 is 0 Å². The molecule has 0 saturated heterocycles. The fraction of sp³-hybridized carbons (Fsp3) is 0.462. The SMILES string of the molecule is CC(=O)NCCN(Cc1ccccc1C)S(C)(=O)=O. The van der Waals surface area contributed by atoms with Gasteiger partial charge in [0.15, 0.2) is 0 Å². The average molecular weight is 284 g/mol. The zero-order chi connectivity index (χ0) is 14.5. The van der Waals surface area contributed by atoms with Crippen LogP contribution in [0.3, 0.4) is 0 Å². The Morgan fingerprint density at radius 1 is 1.32 bits per heavy atom. The Morgan fingerprint density at radius 2 is 1.95 bits per heavy atom. The molecule has 0 aliphatic carbocycles. The van der Waals surface area contributed by atoms with Crippen LogP contribution in [0.15, 0.2) is 24.3 Å². The Kier molecular flexibility index (Phi) is 5.50. The third kappa shape index (κ3) is 5.40. The van der Waals surface area contributed by atoms with Gasteiger partial charge in [0.1, 0.15) is 0 Å². The maximum atomic E-state index is 11.7. The molecular weight excluding hydrogens is 264 g/mol. The van der Waals surface area contributed by atoms with Gasteiger partial charge in [0, 0.05) is 26.6 Å². The predicted molar refractivity (Wildman–Crippen MR) is 75.1 cm³/mol. The van der Waals surface area contributed by atoms with Crippen LogP contribution in [0.1, 0.15) is 18.1 Å². The van der Waals surface area contributed by atoms with E-state index < -0.39 is 10.0 Å². The van der Waals surface area contributed by atoms with Crippen molar-refractivity contribution in [3.05, 3.63) is 35.4 Å². The minimum absolute atomic E-state index is 0.163. The van der Waals surface area contributed by atoms with Crippen LogP contribution in [0.25, 0.3) is 0 Å². The van der Waals surface area contributed by atoms with Gasteiger partial charge >= 0.3 is 0 Å². The Hall–Kier alpha value is -1.40. The number of sulfonamides is 1. The summed E-state index contributed by atoms with van der Waals surface area (Å²) in [5.74, 6) is -0.163. The largest absolute Gasteiger partial charge is 0.355 e. The number of nitrogens with zero attached hydrogens (tertiary/aromatic N) is 1. The molecule has 106 valence electrons. The molecule has 0 atom stereocenters. The van der Waals surface area contributed by atoms with Crippen LogP contribution in [0.2, 0.25) is 0 Å². The quantitative estimate of drug-likeness (QED) is 0.843. The van der Waals surface area contributed by atoms with Crippen LogP contribution in [-0.4, -0.2) is 38.0 Å². The van der Waals surface area contributed by atoms with Gasteiger partial charge in [-0.15, -0.1) is 0 Å². The molecule has 1 rings (SSSR count). The lowest BCUT2D eigenvalue weighted by molar-refractivity contribution is -0.118. The van der Waals surface area contributed by atoms with E-state index in [0.717, 1.165) is 11.1 Å². The molecule has 5 nitrogen and oxygen atoms in total. The molecule has 1 aromatic carbocycles. The van der Waals surface area contributed by atoms with Crippen molar-refractivity contribution >= 4 is 15.9 Å². The van der Waals surface area contributed by atoms with E-state index in [4.69, 9.17) is 0 Å². The van der Waals surface area contributed by atoms with Gasteiger partial charge in [0.05, 0.1) is 6.26 Å². The molecule has 0 bridgehead atoms. The van der Waals surface area contributed by atoms with Gasteiger partial charge < -0.3 is 5.32 Å². The van der Waals surface area contributed by atoms with Crippen molar-refractivity contribution in [1.82, 2.24) is 9.62 Å². The van der Waals surface area contributed by atoms with Crippen molar-refractivity contribution < 1.29 is 13.2 Å². The first-order valence-electron chi connectivity index (χ1n) is 6.05. The van der Waals surface area contributed by atoms with Crippen LogP contribution in [0.4, 0.5) is 0 Å². The molecule has 0 fully saturated rings. The minimum atomic E-state index is -3.30. The van der Waals surface area contributed by atoms with Gasteiger partial charge in [-0.25, -0.2) is 8.42 Å². The second kappa shape index (κ2) is 6.68. The standard InChI is InChI=1S/C13H20N2O3S/c1-11-6-4-5-7-13(11)10-15(19(3,17)18)9-8-14-12(2)16/h4-7H,8-10H2,1-3H3,(H,14,16). The van der Waals surface area contributed by atoms with Crippen LogP contribution in [0.5, 0.6) is 0 Å². The zero-order valence-corrected chi connectivity index (χ0v) is 12.3. The highest BCUT2D eigenvalue weighted by atomic mass is 32.2. The van der Waals surface area contributed by atoms with E-state index in [1.165, 1.54) is 17.5 Å². The summed E-state index contributed by atoms with van der Waals surface area (Å²) in [7, 11) is -3.30. The van der Waals surface area contributed by atoms with Crippen molar-refractivity contribution in [2.24, 2.45) is 0 Å². The van der Waals surface area contributed by atoms with Gasteiger partial charge in [0.2, 0.25) is 15.9 Å². The first kappa shape index (κ1) is 15.7. The van der Waals surface area contributed by atoms with Gasteiger partial charge in [-0.3, -0.25) is 4.79 Å². The second-order valence-corrected chi connectivity index (χ2v) is 6.49. The normalized spacial score (nSPS) is 11.6. The summed E-state index contributed by atoms with van der Waals surface area (Å²) in [5, 5.41) is 2.60. The number of benzene rings is 1. The molecule has 6 heteroatoms. The summed E-state index contributed by atoms with van der Waals surface area (Å²) in [6, 6.07) is 7.66. The molecular formula is C13H20N2O3S. The van der Waals surface area contributed by atoms with Crippen molar-refractivity contribution in [2.45, 2.75) is 20.4 Å². The number of rotatable bonds is 6. The summed E-state index contributed by atoms with van der Waals surface area (Å²) < 4.78 is 24.8. The van der Waals surface area contributed by atoms with E-state index in [9.17, 15) is 13.2 Å². The fourth-order valence-electron chi connectivity index (χ4n) is 1.70. The molecule has 0 heterocycles. The van der Waals surface area contributed by atoms with E-state index in [-0.39, 0.29) is 12.5 Å². The van der Waals surface area contributed by atoms with Gasteiger partial charge in [-0.2, -0.15) is 4.31 Å². The molecule has 1 N–H and O–H groups in total. The molecule has 0 unspecified atom stereocenters. The van der Waals surface area contributed by atoms with Gasteiger partial charge in [-0.05, 0) is 18.1 Å². The number of amides is 1. The number of carbonyl (C=O) groups is 1. The highest BCUT2D eigenvalue weighted by Gasteiger charge is 2.17. The van der Waals surface area contributed by atoms with E-state index in [2.05, 4.69) is 5.32 Å². The first-order valence-corrected chi connectivity index (χ1v) is 7.89. The number of hydrogen-bond acceptors (Lipinski definition) is 3. The zero-order valence-electron chi connectivity index (χ0n) is 11.5. The van der Waals surface area contributed by atoms with E-state index in [0.29, 0.717) is 13.1 Å². The first-order chi connectivity index (χ1) is 8.80. The third-order valence-corrected chi connectivity index (χ3v) is 4.06. The molecule has 19 heavy (non-hydrogen) atoms. The van der Waals surface area contributed by atoms with Crippen LogP contribution >= 0.6 is 0 Å². The summed E-state index contributed by atoms with van der Waals surface area (Å²) in [5.41, 5.74) is 2.02. The van der Waals surface area contributed by atoms with Gasteiger partial charge in [0.25, 0.3) is 0 Å². The molecule has 0 aromatic heterocycles. The lowest BCUT2D eigenvalue weighted by atomic mass is 10.1. The third-order valence-electron chi connectivity index (χ3n) is 2.81. The Labute approximate surface area is 114 Å². The molecule has 0 radical (unpaired) electrons. The Bertz CT molecular complexity index is 541. The van der Waals surface area contributed by atoms with E-state index in [1.54, 1.807) is 0 Å². The smallest absolute Gasteiger partial charge is 0.216 e. The highest BCUT2D eigenvalue weighted by molar-refractivity contribution is 7.88. The predicted octanol–water partition coefficient (Wildman–Crippen LogP) is 0.893. The summed E-state index contributed by atoms with van der Waals surface area (Å²) in [6.07, 6.45) is 1.18. The topological polar surface area (TPSA) is 66.5 Å². The summed E-state index contributed by atoms with van der Waals surface area (Å²) in [4.78, 5) is 10.8. The van der Waals surface area contributed by atoms with E-state index in [1.807, 2.05) is 31.2 Å². The lowest BCUT2D eigenvalue weighted by Crippen LogP contribution is -2.37. The number of nitrogens with one attached hydrogen (secondary N) is 1. The molecule has 1 aromatic rings. The number of carbonyl (C=O) groups excluding carboxylic acids is 1. The summed E-state index contributed by atoms with van der Waals surface area (Å²) in [6.45, 7) is 4.27. The lowest BCUT2D eigenvalue weighted by Gasteiger charge is -2.21. The maximum absolute atomic E-state index is 11.7. The molecule has 0 spiro atoms. The maximum Gasteiger partial charge on any atom is 0.216 e. The highest BCUT2D eigenvalue weighted by Crippen LogP contribution is 2.12. The molecule has 0 aliphatic heterocycles. The second-order valence-electron chi connectivity index (χ2n) is 4.51.